The Morgan fingerprint density at radius 2 is 1.91 bits per heavy atom. The predicted molar refractivity (Wildman–Crippen MR) is 126 cm³/mol. The molecule has 3 aliphatic rings. The number of amides is 1. The van der Waals surface area contributed by atoms with Crippen LogP contribution in [-0.2, 0) is 14.2 Å². The summed E-state index contributed by atoms with van der Waals surface area (Å²) in [5, 5.41) is 8.31. The maximum absolute atomic E-state index is 11.6. The number of carbonyl (C=O) groups excluding carboxylic acids is 1. The van der Waals surface area contributed by atoms with Crippen molar-refractivity contribution < 1.29 is 19.0 Å². The van der Waals surface area contributed by atoms with Gasteiger partial charge in [0.15, 0.2) is 5.65 Å². The van der Waals surface area contributed by atoms with E-state index in [9.17, 15) is 4.79 Å². The predicted octanol–water partition coefficient (Wildman–Crippen LogP) is 3.39. The minimum absolute atomic E-state index is 0.161. The molecule has 2 bridgehead atoms. The molecule has 0 spiro atoms. The van der Waals surface area contributed by atoms with Crippen LogP contribution in [0.25, 0.3) is 22.3 Å². The van der Waals surface area contributed by atoms with Crippen molar-refractivity contribution in [1.82, 2.24) is 19.7 Å². The molecule has 10 heteroatoms. The SMILES string of the molecule is COC(=O)Nc1ccc(-c2nc(N3CC4CCC(C3)O4)nc3c2cnn3C2CCCOC2)cc1. The van der Waals surface area contributed by atoms with Crippen molar-refractivity contribution in [3.63, 3.8) is 0 Å². The molecule has 3 unspecified atom stereocenters. The van der Waals surface area contributed by atoms with Gasteiger partial charge in [0.1, 0.15) is 0 Å². The average molecular weight is 465 g/mol. The highest BCUT2D eigenvalue weighted by Gasteiger charge is 2.35. The summed E-state index contributed by atoms with van der Waals surface area (Å²) >= 11 is 0. The molecule has 0 saturated carbocycles. The van der Waals surface area contributed by atoms with Gasteiger partial charge in [-0.25, -0.2) is 14.5 Å². The molecule has 5 heterocycles. The number of carbonyl (C=O) groups is 1. The highest BCUT2D eigenvalue weighted by molar-refractivity contribution is 5.92. The first-order chi connectivity index (χ1) is 16.7. The highest BCUT2D eigenvalue weighted by Crippen LogP contribution is 2.34. The third-order valence-corrected chi connectivity index (χ3v) is 6.84. The zero-order valence-electron chi connectivity index (χ0n) is 19.1. The van der Waals surface area contributed by atoms with E-state index in [1.165, 1.54) is 7.11 Å². The lowest BCUT2D eigenvalue weighted by Gasteiger charge is -2.32. The molecule has 3 aliphatic heterocycles. The number of benzene rings is 1. The van der Waals surface area contributed by atoms with Crippen LogP contribution < -0.4 is 10.2 Å². The number of anilines is 2. The molecule has 3 fully saturated rings. The van der Waals surface area contributed by atoms with Gasteiger partial charge in [-0.15, -0.1) is 0 Å². The molecule has 10 nitrogen and oxygen atoms in total. The van der Waals surface area contributed by atoms with E-state index in [1.54, 1.807) is 0 Å². The Balaban J connectivity index is 1.42. The van der Waals surface area contributed by atoms with Crippen LogP contribution in [-0.4, -0.2) is 71.5 Å². The van der Waals surface area contributed by atoms with Crippen LogP contribution in [0.5, 0.6) is 0 Å². The second-order valence-corrected chi connectivity index (χ2v) is 9.13. The highest BCUT2D eigenvalue weighted by atomic mass is 16.5. The van der Waals surface area contributed by atoms with E-state index in [-0.39, 0.29) is 18.2 Å². The molecule has 0 aliphatic carbocycles. The van der Waals surface area contributed by atoms with Crippen LogP contribution in [0.1, 0.15) is 31.7 Å². The smallest absolute Gasteiger partial charge is 0.411 e. The van der Waals surface area contributed by atoms with Crippen molar-refractivity contribution in [2.75, 3.05) is 43.6 Å². The van der Waals surface area contributed by atoms with Gasteiger partial charge in [0.25, 0.3) is 0 Å². The Hall–Kier alpha value is -3.24. The van der Waals surface area contributed by atoms with Gasteiger partial charge in [-0.05, 0) is 37.8 Å². The summed E-state index contributed by atoms with van der Waals surface area (Å²) in [6, 6.07) is 7.74. The third kappa shape index (κ3) is 3.97. The van der Waals surface area contributed by atoms with Crippen LogP contribution in [0, 0.1) is 0 Å². The fraction of sp³-hybridized carbons (Fsp3) is 0.500. The summed E-state index contributed by atoms with van der Waals surface area (Å²) in [7, 11) is 1.34. The quantitative estimate of drug-likeness (QED) is 0.627. The van der Waals surface area contributed by atoms with Crippen LogP contribution in [0.3, 0.4) is 0 Å². The average Bonchev–Trinajstić information content (AvgIpc) is 3.46. The molecule has 1 N–H and O–H groups in total. The zero-order chi connectivity index (χ0) is 23.1. The van der Waals surface area contributed by atoms with Crippen molar-refractivity contribution in [3.8, 4) is 11.3 Å². The van der Waals surface area contributed by atoms with E-state index in [1.807, 2.05) is 35.1 Å². The number of aromatic nitrogens is 4. The summed E-state index contributed by atoms with van der Waals surface area (Å²) in [6.45, 7) is 3.03. The van der Waals surface area contributed by atoms with Crippen LogP contribution >= 0.6 is 0 Å². The molecule has 1 amide bonds. The van der Waals surface area contributed by atoms with Gasteiger partial charge in [0, 0.05) is 30.9 Å². The molecule has 6 rings (SSSR count). The molecule has 3 aromatic rings. The number of morpholine rings is 1. The molecule has 3 saturated heterocycles. The van der Waals surface area contributed by atoms with Crippen molar-refractivity contribution in [2.24, 2.45) is 0 Å². The Morgan fingerprint density at radius 3 is 2.62 bits per heavy atom. The van der Waals surface area contributed by atoms with Crippen LogP contribution in [0.15, 0.2) is 30.5 Å². The third-order valence-electron chi connectivity index (χ3n) is 6.84. The van der Waals surface area contributed by atoms with Gasteiger partial charge in [-0.3, -0.25) is 5.32 Å². The lowest BCUT2D eigenvalue weighted by atomic mass is 10.1. The van der Waals surface area contributed by atoms with Gasteiger partial charge in [-0.2, -0.15) is 10.1 Å². The first-order valence-electron chi connectivity index (χ1n) is 11.9. The topological polar surface area (TPSA) is 104 Å². The first kappa shape index (κ1) is 21.3. The summed E-state index contributed by atoms with van der Waals surface area (Å²) in [4.78, 5) is 23.8. The molecule has 2 aromatic heterocycles. The number of fused-ring (bicyclic) bond motifs is 3. The maximum Gasteiger partial charge on any atom is 0.411 e. The monoisotopic (exact) mass is 464 g/mol. The van der Waals surface area contributed by atoms with E-state index in [2.05, 4.69) is 15.0 Å². The van der Waals surface area contributed by atoms with Crippen molar-refractivity contribution in [1.29, 1.82) is 0 Å². The van der Waals surface area contributed by atoms with E-state index in [0.29, 0.717) is 18.2 Å². The summed E-state index contributed by atoms with van der Waals surface area (Å²) in [6.07, 6.45) is 6.03. The zero-order valence-corrected chi connectivity index (χ0v) is 19.1. The van der Waals surface area contributed by atoms with Gasteiger partial charge in [0.2, 0.25) is 5.95 Å². The molecular formula is C24H28N6O4. The first-order valence-corrected chi connectivity index (χ1v) is 11.9. The standard InChI is InChI=1S/C24H28N6O4/c1-32-24(31)26-16-6-4-15(5-7-16)21-20-11-25-30(17-3-2-10-33-14-17)22(20)28-23(27-21)29-12-18-8-9-19(13-29)34-18/h4-7,11,17-19H,2-3,8-10,12-14H2,1H3,(H,26,31). The Morgan fingerprint density at radius 1 is 1.12 bits per heavy atom. The molecule has 3 atom stereocenters. The molecule has 34 heavy (non-hydrogen) atoms. The van der Waals surface area contributed by atoms with Crippen molar-refractivity contribution >= 4 is 28.8 Å². The number of nitrogens with zero attached hydrogens (tertiary/aromatic N) is 5. The molecular weight excluding hydrogens is 436 g/mol. The summed E-state index contributed by atoms with van der Waals surface area (Å²) < 4.78 is 18.5. The van der Waals surface area contributed by atoms with E-state index >= 15 is 0 Å². The van der Waals surface area contributed by atoms with E-state index < -0.39 is 6.09 Å². The number of methoxy groups -OCH3 is 1. The normalized spacial score (nSPS) is 24.4. The molecule has 1 aromatic carbocycles. The maximum atomic E-state index is 11.6. The minimum Gasteiger partial charge on any atom is -0.453 e. The summed E-state index contributed by atoms with van der Waals surface area (Å²) in [5.41, 5.74) is 3.23. The largest absolute Gasteiger partial charge is 0.453 e. The van der Waals surface area contributed by atoms with Crippen molar-refractivity contribution in [3.05, 3.63) is 30.5 Å². The number of hydrogen-bond donors (Lipinski definition) is 1. The van der Waals surface area contributed by atoms with Crippen molar-refractivity contribution in [2.45, 2.75) is 43.9 Å². The minimum atomic E-state index is -0.502. The van der Waals surface area contributed by atoms with Gasteiger partial charge >= 0.3 is 6.09 Å². The number of nitrogens with one attached hydrogen (secondary N) is 1. The van der Waals surface area contributed by atoms with Gasteiger partial charge in [0.05, 0.1) is 49.2 Å². The van der Waals surface area contributed by atoms with E-state index in [0.717, 1.165) is 67.7 Å². The number of hydrogen-bond acceptors (Lipinski definition) is 8. The number of rotatable bonds is 4. The van der Waals surface area contributed by atoms with Gasteiger partial charge in [-0.1, -0.05) is 12.1 Å². The summed E-state index contributed by atoms with van der Waals surface area (Å²) in [5.74, 6) is 0.706. The second-order valence-electron chi connectivity index (χ2n) is 9.13. The van der Waals surface area contributed by atoms with E-state index in [4.69, 9.17) is 24.5 Å². The molecule has 178 valence electrons. The van der Waals surface area contributed by atoms with Gasteiger partial charge < -0.3 is 19.1 Å². The Kier molecular flexibility index (Phi) is 5.54. The molecule has 0 radical (unpaired) electrons. The fourth-order valence-electron chi connectivity index (χ4n) is 5.12. The van der Waals surface area contributed by atoms with Crippen LogP contribution in [0.2, 0.25) is 0 Å². The fourth-order valence-corrected chi connectivity index (χ4v) is 5.12. The Labute approximate surface area is 197 Å². The Bertz CT molecular complexity index is 1180. The second kappa shape index (κ2) is 8.84. The lowest BCUT2D eigenvalue weighted by molar-refractivity contribution is 0.0299. The number of ether oxygens (including phenoxy) is 3. The van der Waals surface area contributed by atoms with Crippen LogP contribution in [0.4, 0.5) is 16.4 Å². The lowest BCUT2D eigenvalue weighted by Crippen LogP contribution is -2.43.